The Balaban J connectivity index is 1.71. The molecule has 2 aliphatic heterocycles. The van der Waals surface area contributed by atoms with Crippen molar-refractivity contribution in [3.05, 3.63) is 11.5 Å². The third-order valence-corrected chi connectivity index (χ3v) is 4.51. The fourth-order valence-electron chi connectivity index (χ4n) is 3.30. The molecule has 10 nitrogen and oxygen atoms in total. The van der Waals surface area contributed by atoms with Crippen molar-refractivity contribution in [1.82, 2.24) is 19.5 Å². The number of fused-ring (bicyclic) bond motifs is 2. The van der Waals surface area contributed by atoms with Gasteiger partial charge >= 0.3 is 5.97 Å². The number of nitrogens with zero attached hydrogens (tertiary/aromatic N) is 4. The Kier molecular flexibility index (Phi) is 4.03. The van der Waals surface area contributed by atoms with Crippen LogP contribution in [0, 0.1) is 0 Å². The Morgan fingerprint density at radius 2 is 2.12 bits per heavy atom. The molecule has 2 aromatic heterocycles. The molecule has 4 rings (SSSR count). The molecule has 0 saturated carbocycles. The van der Waals surface area contributed by atoms with Crippen LogP contribution in [0.1, 0.15) is 27.0 Å². The minimum Gasteiger partial charge on any atom is -0.463 e. The van der Waals surface area contributed by atoms with Gasteiger partial charge in [0.2, 0.25) is 5.95 Å². The maximum atomic E-state index is 11.2. The summed E-state index contributed by atoms with van der Waals surface area (Å²) < 4.78 is 24.8. The Morgan fingerprint density at radius 3 is 2.85 bits per heavy atom. The molecule has 0 radical (unpaired) electrons. The molecule has 4 heterocycles. The Hall–Kier alpha value is -2.01. The number of anilines is 1. The number of carbonyl (C=O) groups excluding carboxylic acids is 1. The monoisotopic (exact) mass is 383 g/mol. The van der Waals surface area contributed by atoms with E-state index in [1.54, 1.807) is 4.57 Å². The standard InChI is InChI=1S/C15H18ClN5O5/c1-6(22)23-4-7-9-10(26-15(2,3)25-9)13(24-7)21-5-18-8-11(16)19-14(17)20-12(8)21/h5,7,9-10,13H,4H2,1-3H3,(H2,17,19,20). The summed E-state index contributed by atoms with van der Waals surface area (Å²) in [5.74, 6) is -1.17. The number of nitrogens with two attached hydrogens (primary N) is 1. The van der Waals surface area contributed by atoms with Gasteiger partial charge in [-0.05, 0) is 13.8 Å². The number of aromatic nitrogens is 4. The zero-order valence-electron chi connectivity index (χ0n) is 14.4. The van der Waals surface area contributed by atoms with Crippen LogP contribution in [0.4, 0.5) is 5.95 Å². The van der Waals surface area contributed by atoms with E-state index in [4.69, 9.17) is 36.3 Å². The van der Waals surface area contributed by atoms with Gasteiger partial charge in [-0.15, -0.1) is 0 Å². The minimum absolute atomic E-state index is 0.0270. The Labute approximate surface area is 153 Å². The average Bonchev–Trinajstić information content (AvgIpc) is 3.16. The number of imidazole rings is 1. The number of ether oxygens (including phenoxy) is 4. The highest BCUT2D eigenvalue weighted by molar-refractivity contribution is 6.33. The van der Waals surface area contributed by atoms with Gasteiger partial charge in [0.25, 0.3) is 0 Å². The van der Waals surface area contributed by atoms with Gasteiger partial charge in [-0.3, -0.25) is 9.36 Å². The van der Waals surface area contributed by atoms with Crippen LogP contribution in [0.15, 0.2) is 6.33 Å². The lowest BCUT2D eigenvalue weighted by Gasteiger charge is -2.24. The first kappa shape index (κ1) is 17.4. The first-order valence-corrected chi connectivity index (χ1v) is 8.43. The molecule has 4 unspecified atom stereocenters. The van der Waals surface area contributed by atoms with Crippen LogP contribution in [0.2, 0.25) is 5.15 Å². The maximum Gasteiger partial charge on any atom is 0.302 e. The van der Waals surface area contributed by atoms with E-state index in [0.29, 0.717) is 11.2 Å². The summed E-state index contributed by atoms with van der Waals surface area (Å²) in [5.41, 5.74) is 6.54. The van der Waals surface area contributed by atoms with Crippen molar-refractivity contribution in [3.8, 4) is 0 Å². The lowest BCUT2D eigenvalue weighted by molar-refractivity contribution is -0.201. The Bertz CT molecular complexity index is 871. The van der Waals surface area contributed by atoms with Crippen LogP contribution in [0.25, 0.3) is 11.2 Å². The SMILES string of the molecule is CC(=O)OCC1OC(n2cnc3c(Cl)nc(N)nc32)C2OC(C)(C)OC12. The van der Waals surface area contributed by atoms with Gasteiger partial charge in [0.05, 0.1) is 6.33 Å². The summed E-state index contributed by atoms with van der Waals surface area (Å²) in [5, 5.41) is 0.154. The van der Waals surface area contributed by atoms with Crippen LogP contribution in [-0.4, -0.2) is 56.2 Å². The van der Waals surface area contributed by atoms with Crippen LogP contribution >= 0.6 is 11.6 Å². The number of hydrogen-bond acceptors (Lipinski definition) is 9. The molecule has 0 amide bonds. The highest BCUT2D eigenvalue weighted by Crippen LogP contribution is 2.44. The summed E-state index contributed by atoms with van der Waals surface area (Å²) in [6.45, 7) is 5.02. The van der Waals surface area contributed by atoms with Crippen LogP contribution in [0.5, 0.6) is 0 Å². The predicted molar refractivity (Wildman–Crippen MR) is 89.1 cm³/mol. The van der Waals surface area contributed by atoms with E-state index in [1.165, 1.54) is 13.3 Å². The number of esters is 1. The summed E-state index contributed by atoms with van der Waals surface area (Å²) >= 11 is 6.09. The third kappa shape index (κ3) is 2.88. The highest BCUT2D eigenvalue weighted by Gasteiger charge is 2.56. The topological polar surface area (TPSA) is 124 Å². The largest absolute Gasteiger partial charge is 0.463 e. The molecule has 0 aliphatic carbocycles. The number of nitrogen functional groups attached to an aromatic ring is 1. The molecule has 2 N–H and O–H groups in total. The first-order valence-electron chi connectivity index (χ1n) is 8.05. The van der Waals surface area contributed by atoms with Gasteiger partial charge in [-0.1, -0.05) is 11.6 Å². The molecule has 0 aromatic carbocycles. The van der Waals surface area contributed by atoms with Crippen molar-refractivity contribution in [2.75, 3.05) is 12.3 Å². The number of hydrogen-bond donors (Lipinski definition) is 1. The second-order valence-electron chi connectivity index (χ2n) is 6.63. The molecule has 2 fully saturated rings. The van der Waals surface area contributed by atoms with Crippen molar-refractivity contribution in [1.29, 1.82) is 0 Å². The van der Waals surface area contributed by atoms with Gasteiger partial charge in [0.15, 0.2) is 22.8 Å². The van der Waals surface area contributed by atoms with Crippen molar-refractivity contribution in [3.63, 3.8) is 0 Å². The van der Waals surface area contributed by atoms with Gasteiger partial charge in [0, 0.05) is 6.92 Å². The molecule has 140 valence electrons. The smallest absolute Gasteiger partial charge is 0.302 e. The van der Waals surface area contributed by atoms with Gasteiger partial charge < -0.3 is 24.7 Å². The third-order valence-electron chi connectivity index (χ3n) is 4.25. The van der Waals surface area contributed by atoms with Crippen LogP contribution in [0.3, 0.4) is 0 Å². The molecule has 2 aliphatic rings. The fraction of sp³-hybridized carbons (Fsp3) is 0.600. The van der Waals surface area contributed by atoms with Crippen molar-refractivity contribution < 1.29 is 23.7 Å². The molecule has 0 spiro atoms. The predicted octanol–water partition coefficient (Wildman–Crippen LogP) is 1.04. The second-order valence-corrected chi connectivity index (χ2v) is 6.99. The second kappa shape index (κ2) is 6.02. The van der Waals surface area contributed by atoms with E-state index in [-0.39, 0.29) is 17.7 Å². The highest BCUT2D eigenvalue weighted by atomic mass is 35.5. The van der Waals surface area contributed by atoms with Gasteiger partial charge in [-0.25, -0.2) is 4.98 Å². The van der Waals surface area contributed by atoms with E-state index in [0.717, 1.165) is 0 Å². The first-order chi connectivity index (χ1) is 12.2. The summed E-state index contributed by atoms with van der Waals surface area (Å²) in [6.07, 6.45) is -0.421. The summed E-state index contributed by atoms with van der Waals surface area (Å²) in [7, 11) is 0. The lowest BCUT2D eigenvalue weighted by Crippen LogP contribution is -2.33. The molecule has 2 saturated heterocycles. The number of carbonyl (C=O) groups is 1. The van der Waals surface area contributed by atoms with Crippen molar-refractivity contribution in [2.24, 2.45) is 0 Å². The maximum absolute atomic E-state index is 11.2. The molecule has 11 heteroatoms. The van der Waals surface area contributed by atoms with E-state index >= 15 is 0 Å². The normalized spacial score (nSPS) is 29.8. The van der Waals surface area contributed by atoms with Crippen molar-refractivity contribution >= 4 is 34.7 Å². The van der Waals surface area contributed by atoms with Crippen molar-refractivity contribution in [2.45, 2.75) is 51.1 Å². The molecule has 4 atom stereocenters. The van der Waals surface area contributed by atoms with Crippen LogP contribution < -0.4 is 5.73 Å². The molecule has 26 heavy (non-hydrogen) atoms. The fourth-order valence-corrected chi connectivity index (χ4v) is 3.52. The zero-order chi connectivity index (χ0) is 18.6. The molecular formula is C15H18ClN5O5. The number of halogens is 1. The zero-order valence-corrected chi connectivity index (χ0v) is 15.1. The van der Waals surface area contributed by atoms with E-state index in [1.807, 2.05) is 13.8 Å². The Morgan fingerprint density at radius 1 is 1.38 bits per heavy atom. The summed E-state index contributed by atoms with van der Waals surface area (Å²) in [6, 6.07) is 0. The summed E-state index contributed by atoms with van der Waals surface area (Å²) in [4.78, 5) is 23.5. The van der Waals surface area contributed by atoms with Gasteiger partial charge in [-0.2, -0.15) is 9.97 Å². The molecular weight excluding hydrogens is 366 g/mol. The lowest BCUT2D eigenvalue weighted by atomic mass is 10.1. The minimum atomic E-state index is -0.798. The van der Waals surface area contributed by atoms with E-state index < -0.39 is 36.3 Å². The molecule has 0 bridgehead atoms. The van der Waals surface area contributed by atoms with Crippen LogP contribution in [-0.2, 0) is 23.7 Å². The van der Waals surface area contributed by atoms with Gasteiger partial charge in [0.1, 0.15) is 30.4 Å². The average molecular weight is 384 g/mol. The van der Waals surface area contributed by atoms with E-state index in [2.05, 4.69) is 15.0 Å². The number of rotatable bonds is 3. The quantitative estimate of drug-likeness (QED) is 0.611. The van der Waals surface area contributed by atoms with E-state index in [9.17, 15) is 4.79 Å². The molecule has 2 aromatic rings.